The maximum atomic E-state index is 14.9. The molecule has 0 aliphatic carbocycles. The molecular weight excluding hydrogens is 578 g/mol. The minimum absolute atomic E-state index is 0.0540. The maximum Gasteiger partial charge on any atom is 0.220 e. The van der Waals surface area contributed by atoms with E-state index in [1.165, 1.54) is 41.6 Å². The van der Waals surface area contributed by atoms with Crippen LogP contribution < -0.4 is 11.5 Å². The highest BCUT2D eigenvalue weighted by Crippen LogP contribution is 2.37. The van der Waals surface area contributed by atoms with E-state index in [2.05, 4.69) is 29.9 Å². The van der Waals surface area contributed by atoms with Crippen LogP contribution in [-0.2, 0) is 14.2 Å². The number of halogens is 2. The molecule has 17 heteroatoms. The van der Waals surface area contributed by atoms with E-state index in [-0.39, 0.29) is 11.9 Å². The van der Waals surface area contributed by atoms with Gasteiger partial charge in [0.25, 0.3) is 0 Å². The quantitative estimate of drug-likeness (QED) is 0.316. The van der Waals surface area contributed by atoms with Crippen molar-refractivity contribution in [1.29, 1.82) is 0 Å². The predicted octanol–water partition coefficient (Wildman–Crippen LogP) is 3.53. The van der Waals surface area contributed by atoms with Gasteiger partial charge in [-0.1, -0.05) is 25.6 Å². The van der Waals surface area contributed by atoms with Gasteiger partial charge in [-0.3, -0.25) is 9.13 Å². The van der Waals surface area contributed by atoms with Crippen LogP contribution in [0, 0.1) is 0 Å². The molecule has 0 aromatic carbocycles. The van der Waals surface area contributed by atoms with Crippen LogP contribution in [0.15, 0.2) is 25.3 Å². The molecule has 41 heavy (non-hydrogen) atoms. The van der Waals surface area contributed by atoms with Gasteiger partial charge in [-0.2, -0.15) is 0 Å². The summed E-state index contributed by atoms with van der Waals surface area (Å²) < 4.78 is 49.3. The SMILES string of the molecule is CCC1CC(F)C(n2cnc3c(N)ncnc32)O1.CCC1OC(n2cnc3c(N)ncnc32)C(F)C1OC(=S)SC. The summed E-state index contributed by atoms with van der Waals surface area (Å²) in [6.07, 6.45) is 3.95. The van der Waals surface area contributed by atoms with E-state index < -0.39 is 37.0 Å². The lowest BCUT2D eigenvalue weighted by molar-refractivity contribution is -0.0224. The van der Waals surface area contributed by atoms with Crippen LogP contribution in [0.4, 0.5) is 20.4 Å². The van der Waals surface area contributed by atoms with Crippen molar-refractivity contribution < 1.29 is 23.0 Å². The van der Waals surface area contributed by atoms with Gasteiger partial charge in [0.2, 0.25) is 4.38 Å². The number of thiocarbonyl (C=S) groups is 1. The van der Waals surface area contributed by atoms with Gasteiger partial charge in [0.05, 0.1) is 24.9 Å². The normalized spacial score (nSPS) is 27.7. The Hall–Kier alpha value is -3.28. The van der Waals surface area contributed by atoms with Gasteiger partial charge in [-0.05, 0) is 31.3 Å². The van der Waals surface area contributed by atoms with Gasteiger partial charge in [0, 0.05) is 6.42 Å². The van der Waals surface area contributed by atoms with Crippen molar-refractivity contribution in [2.45, 2.75) is 76.2 Å². The van der Waals surface area contributed by atoms with E-state index in [1.54, 1.807) is 10.8 Å². The fraction of sp³-hybridized carbons (Fsp3) is 0.542. The molecule has 2 aliphatic rings. The second-order valence-corrected chi connectivity index (χ2v) is 10.8. The Bertz CT molecular complexity index is 1520. The van der Waals surface area contributed by atoms with Gasteiger partial charge in [-0.15, -0.1) is 0 Å². The zero-order valence-electron chi connectivity index (χ0n) is 22.5. The summed E-state index contributed by atoms with van der Waals surface area (Å²) in [5.41, 5.74) is 13.3. The van der Waals surface area contributed by atoms with Crippen molar-refractivity contribution in [3.05, 3.63) is 25.3 Å². The number of rotatable bonds is 5. The van der Waals surface area contributed by atoms with Crippen molar-refractivity contribution in [1.82, 2.24) is 39.0 Å². The number of imidazole rings is 2. The van der Waals surface area contributed by atoms with Crippen LogP contribution in [0.2, 0.25) is 0 Å². The van der Waals surface area contributed by atoms with E-state index in [1.807, 2.05) is 13.8 Å². The van der Waals surface area contributed by atoms with Crippen molar-refractivity contribution in [3.8, 4) is 0 Å². The number of thioether (sulfide) groups is 1. The minimum Gasteiger partial charge on any atom is -0.469 e. The highest BCUT2D eigenvalue weighted by molar-refractivity contribution is 8.22. The Morgan fingerprint density at radius 2 is 1.54 bits per heavy atom. The lowest BCUT2D eigenvalue weighted by Crippen LogP contribution is -2.32. The second-order valence-electron chi connectivity index (χ2n) is 9.43. The number of hydrogen-bond donors (Lipinski definition) is 2. The predicted molar refractivity (Wildman–Crippen MR) is 153 cm³/mol. The van der Waals surface area contributed by atoms with E-state index >= 15 is 0 Å². The molecule has 4 aromatic heterocycles. The summed E-state index contributed by atoms with van der Waals surface area (Å²) in [5, 5.41) is 0. The standard InChI is InChI=1S/C13H16FN5O2S2.C11H14FN5O/c1-3-6-9(21-13(22)23-2)7(14)12(20-6)19-5-18-8-10(15)16-4-17-11(8)19;1-2-6-3-7(12)11(18-6)17-5-16-8-9(13)14-4-15-10(8)17/h4-7,9,12H,3H2,1-2H3,(H2,15,16,17);4-7,11H,2-3H2,1H3,(H2,13,14,15). The van der Waals surface area contributed by atoms with E-state index in [4.69, 9.17) is 37.9 Å². The average molecular weight is 609 g/mol. The number of nitrogens with zero attached hydrogens (tertiary/aromatic N) is 8. The number of nitrogens with two attached hydrogens (primary N) is 2. The van der Waals surface area contributed by atoms with Gasteiger partial charge < -0.3 is 25.7 Å². The zero-order valence-corrected chi connectivity index (χ0v) is 24.1. The first-order valence-corrected chi connectivity index (χ1v) is 14.6. The van der Waals surface area contributed by atoms with Crippen molar-refractivity contribution in [3.63, 3.8) is 0 Å². The molecular formula is C24H30F2N10O3S2. The number of fused-ring (bicyclic) bond motifs is 2. The average Bonchev–Trinajstić information content (AvgIpc) is 3.75. The molecule has 13 nitrogen and oxygen atoms in total. The molecule has 0 radical (unpaired) electrons. The maximum absolute atomic E-state index is 14.9. The molecule has 0 amide bonds. The van der Waals surface area contributed by atoms with Crippen LogP contribution in [0.25, 0.3) is 22.3 Å². The first-order valence-electron chi connectivity index (χ1n) is 13.0. The fourth-order valence-electron chi connectivity index (χ4n) is 4.87. The fourth-order valence-corrected chi connectivity index (χ4v) is 5.19. The van der Waals surface area contributed by atoms with E-state index in [0.717, 1.165) is 6.42 Å². The van der Waals surface area contributed by atoms with Gasteiger partial charge in [0.1, 0.15) is 29.9 Å². The first-order chi connectivity index (χ1) is 19.8. The van der Waals surface area contributed by atoms with Crippen LogP contribution in [0.5, 0.6) is 0 Å². The third kappa shape index (κ3) is 5.62. The smallest absolute Gasteiger partial charge is 0.220 e. The molecule has 220 valence electrons. The van der Waals surface area contributed by atoms with Crippen molar-refractivity contribution in [2.24, 2.45) is 0 Å². The lowest BCUT2D eigenvalue weighted by Gasteiger charge is -2.19. The Morgan fingerprint density at radius 3 is 2.05 bits per heavy atom. The monoisotopic (exact) mass is 608 g/mol. The summed E-state index contributed by atoms with van der Waals surface area (Å²) in [5.74, 6) is 0.532. The third-order valence-corrected chi connectivity index (χ3v) is 8.00. The molecule has 0 saturated carbocycles. The third-order valence-electron chi connectivity index (χ3n) is 6.98. The lowest BCUT2D eigenvalue weighted by atomic mass is 10.1. The van der Waals surface area contributed by atoms with Crippen LogP contribution in [-0.4, -0.2) is 80.3 Å². The molecule has 0 spiro atoms. The Morgan fingerprint density at radius 1 is 0.951 bits per heavy atom. The molecule has 6 rings (SSSR count). The summed E-state index contributed by atoms with van der Waals surface area (Å²) in [4.78, 5) is 24.2. The molecule has 4 aromatic rings. The van der Waals surface area contributed by atoms with Crippen LogP contribution in [0.3, 0.4) is 0 Å². The topological polar surface area (TPSA) is 167 Å². The number of aromatic nitrogens is 8. The van der Waals surface area contributed by atoms with Gasteiger partial charge in [0.15, 0.2) is 47.7 Å². The van der Waals surface area contributed by atoms with Gasteiger partial charge >= 0.3 is 0 Å². The number of hydrogen-bond acceptors (Lipinski definition) is 13. The second kappa shape index (κ2) is 12.3. The highest BCUT2D eigenvalue weighted by atomic mass is 32.2. The van der Waals surface area contributed by atoms with Gasteiger partial charge in [-0.25, -0.2) is 38.7 Å². The van der Waals surface area contributed by atoms with E-state index in [9.17, 15) is 8.78 Å². The van der Waals surface area contributed by atoms with Crippen molar-refractivity contribution in [2.75, 3.05) is 17.7 Å². The van der Waals surface area contributed by atoms with Crippen molar-refractivity contribution >= 4 is 62.3 Å². The summed E-state index contributed by atoms with van der Waals surface area (Å²) >= 11 is 6.30. The Kier molecular flexibility index (Phi) is 8.77. The minimum atomic E-state index is -1.40. The molecule has 6 heterocycles. The van der Waals surface area contributed by atoms with Crippen LogP contribution >= 0.6 is 24.0 Å². The number of anilines is 2. The summed E-state index contributed by atoms with van der Waals surface area (Å²) in [7, 11) is 0. The Balaban J connectivity index is 0.000000169. The summed E-state index contributed by atoms with van der Waals surface area (Å²) in [6, 6.07) is 0. The zero-order chi connectivity index (χ0) is 29.3. The largest absolute Gasteiger partial charge is 0.469 e. The number of nitrogen functional groups attached to an aromatic ring is 2. The molecule has 7 unspecified atom stereocenters. The van der Waals surface area contributed by atoms with Crippen LogP contribution in [0.1, 0.15) is 45.6 Å². The molecule has 7 atom stereocenters. The number of alkyl halides is 2. The number of ether oxygens (including phenoxy) is 3. The van der Waals surface area contributed by atoms with E-state index in [0.29, 0.717) is 45.4 Å². The summed E-state index contributed by atoms with van der Waals surface area (Å²) in [6.45, 7) is 3.89. The molecule has 2 aliphatic heterocycles. The molecule has 2 saturated heterocycles. The molecule has 2 fully saturated rings. The highest BCUT2D eigenvalue weighted by Gasteiger charge is 2.48. The Labute approximate surface area is 243 Å². The molecule has 4 N–H and O–H groups in total. The first kappa shape index (κ1) is 29.2. The molecule has 0 bridgehead atoms.